The van der Waals surface area contributed by atoms with Gasteiger partial charge in [0.1, 0.15) is 5.75 Å². The van der Waals surface area contributed by atoms with Crippen molar-refractivity contribution in [3.05, 3.63) is 54.1 Å². The molecule has 2 amide bonds. The van der Waals surface area contributed by atoms with E-state index < -0.39 is 0 Å². The largest absolute Gasteiger partial charge is 0.491 e. The van der Waals surface area contributed by atoms with E-state index in [0.29, 0.717) is 17.8 Å². The molecule has 1 atom stereocenters. The van der Waals surface area contributed by atoms with E-state index in [9.17, 15) is 9.59 Å². The zero-order valence-electron chi connectivity index (χ0n) is 17.4. The molecule has 0 aliphatic carbocycles. The van der Waals surface area contributed by atoms with Crippen molar-refractivity contribution in [1.29, 1.82) is 0 Å². The maximum absolute atomic E-state index is 12.4. The Morgan fingerprint density at radius 3 is 2.70 bits per heavy atom. The molecule has 0 aromatic heterocycles. The molecule has 160 valence electrons. The number of amides is 2. The summed E-state index contributed by atoms with van der Waals surface area (Å²) in [7, 11) is 0. The molecule has 2 aromatic rings. The Kier molecular flexibility index (Phi) is 7.68. The van der Waals surface area contributed by atoms with Gasteiger partial charge in [-0.05, 0) is 57.0 Å². The summed E-state index contributed by atoms with van der Waals surface area (Å²) in [6.07, 6.45) is 2.17. The predicted molar refractivity (Wildman–Crippen MR) is 117 cm³/mol. The third-order valence-electron chi connectivity index (χ3n) is 4.58. The number of rotatable bonds is 9. The van der Waals surface area contributed by atoms with Gasteiger partial charge in [0.2, 0.25) is 5.91 Å². The van der Waals surface area contributed by atoms with Crippen LogP contribution in [0.1, 0.15) is 37.0 Å². The van der Waals surface area contributed by atoms with Gasteiger partial charge in [0.05, 0.1) is 18.8 Å². The number of hydrogen-bond acceptors (Lipinski definition) is 5. The minimum Gasteiger partial charge on any atom is -0.491 e. The van der Waals surface area contributed by atoms with Crippen LogP contribution in [-0.2, 0) is 9.53 Å². The van der Waals surface area contributed by atoms with Crippen LogP contribution in [0.2, 0.25) is 0 Å². The third-order valence-corrected chi connectivity index (χ3v) is 4.58. The summed E-state index contributed by atoms with van der Waals surface area (Å²) in [5, 5.41) is 8.78. The second-order valence-corrected chi connectivity index (χ2v) is 7.52. The highest BCUT2D eigenvalue weighted by atomic mass is 16.5. The molecule has 2 aromatic carbocycles. The van der Waals surface area contributed by atoms with Gasteiger partial charge in [-0.2, -0.15) is 0 Å². The number of hydrogen-bond donors (Lipinski definition) is 3. The molecule has 1 fully saturated rings. The third kappa shape index (κ3) is 6.77. The van der Waals surface area contributed by atoms with Gasteiger partial charge in [-0.1, -0.05) is 12.1 Å². The molecule has 3 N–H and O–H groups in total. The summed E-state index contributed by atoms with van der Waals surface area (Å²) in [4.78, 5) is 24.7. The number of nitrogens with one attached hydrogen (secondary N) is 3. The molecular weight excluding hydrogens is 382 g/mol. The summed E-state index contributed by atoms with van der Waals surface area (Å²) in [6.45, 7) is 5.28. The molecule has 0 spiro atoms. The maximum atomic E-state index is 12.4. The lowest BCUT2D eigenvalue weighted by atomic mass is 10.1. The maximum Gasteiger partial charge on any atom is 0.251 e. The lowest BCUT2D eigenvalue weighted by Crippen LogP contribution is -2.31. The highest BCUT2D eigenvalue weighted by molar-refractivity contribution is 5.98. The van der Waals surface area contributed by atoms with E-state index in [1.807, 2.05) is 38.1 Å². The van der Waals surface area contributed by atoms with E-state index in [1.165, 1.54) is 0 Å². The van der Waals surface area contributed by atoms with Crippen molar-refractivity contribution in [3.8, 4) is 5.75 Å². The molecule has 0 radical (unpaired) electrons. The second kappa shape index (κ2) is 10.6. The highest BCUT2D eigenvalue weighted by Gasteiger charge is 2.17. The molecule has 0 bridgehead atoms. The minimum atomic E-state index is -0.206. The number of anilines is 2. The zero-order valence-corrected chi connectivity index (χ0v) is 17.4. The van der Waals surface area contributed by atoms with Crippen molar-refractivity contribution in [1.82, 2.24) is 5.32 Å². The smallest absolute Gasteiger partial charge is 0.251 e. The van der Waals surface area contributed by atoms with E-state index in [-0.39, 0.29) is 30.6 Å². The standard InChI is InChI=1S/C23H29N3O4/c1-16(2)30-20-9-4-7-18(13-20)24-15-22(27)26-19-8-3-6-17(12-19)23(28)25-14-21-10-5-11-29-21/h3-4,6-9,12-13,16,21,24H,5,10-11,14-15H2,1-2H3,(H,25,28)(H,26,27). The molecule has 7 nitrogen and oxygen atoms in total. The van der Waals surface area contributed by atoms with Crippen LogP contribution in [0.5, 0.6) is 5.75 Å². The Bertz CT molecular complexity index is 863. The molecule has 0 saturated carbocycles. The molecule has 1 saturated heterocycles. The van der Waals surface area contributed by atoms with Crippen molar-refractivity contribution in [3.63, 3.8) is 0 Å². The van der Waals surface area contributed by atoms with Crippen molar-refractivity contribution in [2.45, 2.75) is 38.9 Å². The molecule has 1 heterocycles. The summed E-state index contributed by atoms with van der Waals surface area (Å²) >= 11 is 0. The number of ether oxygens (including phenoxy) is 2. The van der Waals surface area contributed by atoms with Crippen LogP contribution in [0.3, 0.4) is 0 Å². The molecule has 7 heteroatoms. The normalized spacial score (nSPS) is 15.6. The SMILES string of the molecule is CC(C)Oc1cccc(NCC(=O)Nc2cccc(C(=O)NCC3CCCO3)c2)c1. The van der Waals surface area contributed by atoms with Gasteiger partial charge in [-0.15, -0.1) is 0 Å². The van der Waals surface area contributed by atoms with E-state index >= 15 is 0 Å². The monoisotopic (exact) mass is 411 g/mol. The molecule has 3 rings (SSSR count). The van der Waals surface area contributed by atoms with E-state index in [0.717, 1.165) is 30.9 Å². The van der Waals surface area contributed by atoms with Gasteiger partial charge in [0.15, 0.2) is 0 Å². The number of benzene rings is 2. The Morgan fingerprint density at radius 2 is 1.93 bits per heavy atom. The summed E-state index contributed by atoms with van der Waals surface area (Å²) in [5.41, 5.74) is 1.87. The van der Waals surface area contributed by atoms with Crippen LogP contribution < -0.4 is 20.7 Å². The van der Waals surface area contributed by atoms with Crippen molar-refractivity contribution >= 4 is 23.2 Å². The van der Waals surface area contributed by atoms with Crippen molar-refractivity contribution < 1.29 is 19.1 Å². The summed E-state index contributed by atoms with van der Waals surface area (Å²) in [6, 6.07) is 14.4. The van der Waals surface area contributed by atoms with Crippen LogP contribution in [0.15, 0.2) is 48.5 Å². The molecule has 1 aliphatic rings. The van der Waals surface area contributed by atoms with Gasteiger partial charge >= 0.3 is 0 Å². The Labute approximate surface area is 177 Å². The quantitative estimate of drug-likeness (QED) is 0.588. The van der Waals surface area contributed by atoms with Gasteiger partial charge in [-0.3, -0.25) is 9.59 Å². The minimum absolute atomic E-state index is 0.0821. The molecule has 1 unspecified atom stereocenters. The fourth-order valence-corrected chi connectivity index (χ4v) is 3.19. The van der Waals surface area contributed by atoms with Gasteiger partial charge in [-0.25, -0.2) is 0 Å². The number of carbonyl (C=O) groups is 2. The van der Waals surface area contributed by atoms with Gasteiger partial charge < -0.3 is 25.4 Å². The lowest BCUT2D eigenvalue weighted by molar-refractivity contribution is -0.114. The van der Waals surface area contributed by atoms with Crippen LogP contribution in [0.4, 0.5) is 11.4 Å². The van der Waals surface area contributed by atoms with E-state index in [2.05, 4.69) is 16.0 Å². The number of carbonyl (C=O) groups excluding carboxylic acids is 2. The van der Waals surface area contributed by atoms with Gasteiger partial charge in [0, 0.05) is 36.2 Å². The molecule has 30 heavy (non-hydrogen) atoms. The average molecular weight is 412 g/mol. The van der Waals surface area contributed by atoms with Crippen LogP contribution >= 0.6 is 0 Å². The first-order valence-electron chi connectivity index (χ1n) is 10.3. The van der Waals surface area contributed by atoms with Crippen molar-refractivity contribution in [2.75, 3.05) is 30.3 Å². The molecule has 1 aliphatic heterocycles. The summed E-state index contributed by atoms with van der Waals surface area (Å²) in [5.74, 6) is 0.362. The Hall–Kier alpha value is -3.06. The van der Waals surface area contributed by atoms with E-state index in [4.69, 9.17) is 9.47 Å². The first-order chi connectivity index (χ1) is 14.5. The van der Waals surface area contributed by atoms with E-state index in [1.54, 1.807) is 24.3 Å². The lowest BCUT2D eigenvalue weighted by Gasteiger charge is -2.13. The molecular formula is C23H29N3O4. The second-order valence-electron chi connectivity index (χ2n) is 7.52. The first kappa shape index (κ1) is 21.6. The topological polar surface area (TPSA) is 88.7 Å². The fourth-order valence-electron chi connectivity index (χ4n) is 3.19. The van der Waals surface area contributed by atoms with Crippen LogP contribution in [0.25, 0.3) is 0 Å². The Balaban J connectivity index is 1.49. The van der Waals surface area contributed by atoms with Gasteiger partial charge in [0.25, 0.3) is 5.91 Å². The fraction of sp³-hybridized carbons (Fsp3) is 0.391. The average Bonchev–Trinajstić information content (AvgIpc) is 3.24. The first-order valence-corrected chi connectivity index (χ1v) is 10.3. The predicted octanol–water partition coefficient (Wildman–Crippen LogP) is 3.43. The highest BCUT2D eigenvalue weighted by Crippen LogP contribution is 2.18. The van der Waals surface area contributed by atoms with Crippen molar-refractivity contribution in [2.24, 2.45) is 0 Å². The van der Waals surface area contributed by atoms with Crippen LogP contribution in [0, 0.1) is 0 Å². The Morgan fingerprint density at radius 1 is 1.13 bits per heavy atom. The summed E-state index contributed by atoms with van der Waals surface area (Å²) < 4.78 is 11.2. The van der Waals surface area contributed by atoms with Crippen LogP contribution in [-0.4, -0.2) is 43.7 Å². The zero-order chi connectivity index (χ0) is 21.3.